The molecule has 0 saturated heterocycles. The maximum absolute atomic E-state index is 12.1. The van der Waals surface area contributed by atoms with E-state index in [0.717, 1.165) is 18.4 Å². The van der Waals surface area contributed by atoms with E-state index < -0.39 is 0 Å². The smallest absolute Gasteiger partial charge is 0.251 e. The van der Waals surface area contributed by atoms with Crippen LogP contribution in [-0.2, 0) is 0 Å². The van der Waals surface area contributed by atoms with Crippen LogP contribution in [0.5, 0.6) is 0 Å². The van der Waals surface area contributed by atoms with Gasteiger partial charge in [-0.15, -0.1) is 0 Å². The van der Waals surface area contributed by atoms with E-state index in [1.165, 1.54) is 37.7 Å². The van der Waals surface area contributed by atoms with Crippen LogP contribution in [0.3, 0.4) is 0 Å². The number of hydrogen-bond acceptors (Lipinski definition) is 2. The first-order chi connectivity index (χ1) is 9.22. The SMILES string of the molecule is Nc1cc(C(=O)NC2CC2)cc(C2CCCCC2)c1. The van der Waals surface area contributed by atoms with Gasteiger partial charge in [0.1, 0.15) is 0 Å². The molecular formula is C16H22N2O. The maximum Gasteiger partial charge on any atom is 0.251 e. The number of rotatable bonds is 3. The van der Waals surface area contributed by atoms with Gasteiger partial charge in [-0.1, -0.05) is 19.3 Å². The Morgan fingerprint density at radius 1 is 1.05 bits per heavy atom. The van der Waals surface area contributed by atoms with Gasteiger partial charge in [-0.25, -0.2) is 0 Å². The quantitative estimate of drug-likeness (QED) is 0.818. The summed E-state index contributed by atoms with van der Waals surface area (Å²) < 4.78 is 0. The van der Waals surface area contributed by atoms with Crippen LogP contribution in [-0.4, -0.2) is 11.9 Å². The molecule has 0 atom stereocenters. The first-order valence-electron chi connectivity index (χ1n) is 7.44. The Kier molecular flexibility index (Phi) is 3.45. The van der Waals surface area contributed by atoms with Gasteiger partial charge in [0.2, 0.25) is 0 Å². The second kappa shape index (κ2) is 5.24. The predicted octanol–water partition coefficient (Wildman–Crippen LogP) is 3.21. The van der Waals surface area contributed by atoms with Crippen LogP contribution in [0.2, 0.25) is 0 Å². The molecule has 0 spiro atoms. The molecule has 0 bridgehead atoms. The Morgan fingerprint density at radius 3 is 2.47 bits per heavy atom. The second-order valence-electron chi connectivity index (χ2n) is 5.97. The lowest BCUT2D eigenvalue weighted by Gasteiger charge is -2.22. The molecule has 0 radical (unpaired) electrons. The van der Waals surface area contributed by atoms with Gasteiger partial charge in [0, 0.05) is 17.3 Å². The fourth-order valence-corrected chi connectivity index (χ4v) is 2.98. The minimum atomic E-state index is 0.0341. The number of anilines is 1. The van der Waals surface area contributed by atoms with Gasteiger partial charge in [0.15, 0.2) is 0 Å². The third kappa shape index (κ3) is 3.09. The summed E-state index contributed by atoms with van der Waals surface area (Å²) in [7, 11) is 0. The van der Waals surface area contributed by atoms with E-state index in [1.807, 2.05) is 12.1 Å². The molecule has 19 heavy (non-hydrogen) atoms. The number of carbonyl (C=O) groups excluding carboxylic acids is 1. The van der Waals surface area contributed by atoms with Gasteiger partial charge in [-0.3, -0.25) is 4.79 Å². The number of nitrogens with two attached hydrogens (primary N) is 1. The highest BCUT2D eigenvalue weighted by Gasteiger charge is 2.24. The molecule has 3 nitrogen and oxygen atoms in total. The molecule has 102 valence electrons. The van der Waals surface area contributed by atoms with Crippen LogP contribution in [0.1, 0.15) is 66.8 Å². The topological polar surface area (TPSA) is 55.1 Å². The average Bonchev–Trinajstić information content (AvgIpc) is 3.23. The Hall–Kier alpha value is -1.51. The molecule has 1 aromatic rings. The van der Waals surface area contributed by atoms with Crippen molar-refractivity contribution in [3.8, 4) is 0 Å². The highest BCUT2D eigenvalue weighted by Crippen LogP contribution is 2.34. The zero-order chi connectivity index (χ0) is 13.2. The number of nitrogen functional groups attached to an aromatic ring is 1. The fraction of sp³-hybridized carbons (Fsp3) is 0.562. The Bertz CT molecular complexity index is 474. The average molecular weight is 258 g/mol. The molecule has 1 aromatic carbocycles. The lowest BCUT2D eigenvalue weighted by Crippen LogP contribution is -2.25. The van der Waals surface area contributed by atoms with E-state index in [9.17, 15) is 4.79 Å². The molecular weight excluding hydrogens is 236 g/mol. The largest absolute Gasteiger partial charge is 0.399 e. The maximum atomic E-state index is 12.1. The van der Waals surface area contributed by atoms with Crippen molar-refractivity contribution in [1.29, 1.82) is 0 Å². The van der Waals surface area contributed by atoms with E-state index in [0.29, 0.717) is 17.6 Å². The zero-order valence-corrected chi connectivity index (χ0v) is 11.3. The number of benzene rings is 1. The molecule has 0 aromatic heterocycles. The van der Waals surface area contributed by atoms with Gasteiger partial charge in [0.25, 0.3) is 5.91 Å². The third-order valence-electron chi connectivity index (χ3n) is 4.23. The summed E-state index contributed by atoms with van der Waals surface area (Å²) in [5, 5.41) is 3.03. The molecule has 3 rings (SSSR count). The van der Waals surface area contributed by atoms with Crippen LogP contribution in [0.25, 0.3) is 0 Å². The predicted molar refractivity (Wildman–Crippen MR) is 77.2 cm³/mol. The molecule has 2 aliphatic carbocycles. The van der Waals surface area contributed by atoms with E-state index in [4.69, 9.17) is 5.73 Å². The minimum Gasteiger partial charge on any atom is -0.399 e. The van der Waals surface area contributed by atoms with Crippen LogP contribution in [0.15, 0.2) is 18.2 Å². The Labute approximate surface area is 114 Å². The molecule has 3 N–H and O–H groups in total. The normalized spacial score (nSPS) is 20.2. The van der Waals surface area contributed by atoms with Crippen LogP contribution >= 0.6 is 0 Å². The number of carbonyl (C=O) groups is 1. The summed E-state index contributed by atoms with van der Waals surface area (Å²) in [5.74, 6) is 0.622. The zero-order valence-electron chi connectivity index (χ0n) is 11.3. The van der Waals surface area contributed by atoms with Crippen molar-refractivity contribution in [2.45, 2.75) is 56.9 Å². The van der Waals surface area contributed by atoms with Gasteiger partial charge in [0.05, 0.1) is 0 Å². The fourth-order valence-electron chi connectivity index (χ4n) is 2.98. The monoisotopic (exact) mass is 258 g/mol. The molecule has 2 saturated carbocycles. The van der Waals surface area contributed by atoms with Crippen molar-refractivity contribution in [1.82, 2.24) is 5.32 Å². The Morgan fingerprint density at radius 2 is 1.79 bits per heavy atom. The summed E-state index contributed by atoms with van der Waals surface area (Å²) in [5.41, 5.74) is 8.66. The summed E-state index contributed by atoms with van der Waals surface area (Å²) in [6.45, 7) is 0. The van der Waals surface area contributed by atoms with Gasteiger partial charge < -0.3 is 11.1 Å². The summed E-state index contributed by atoms with van der Waals surface area (Å²) in [4.78, 5) is 12.1. The summed E-state index contributed by atoms with van der Waals surface area (Å²) in [6.07, 6.45) is 8.62. The lowest BCUT2D eigenvalue weighted by atomic mass is 9.83. The highest BCUT2D eigenvalue weighted by atomic mass is 16.1. The molecule has 3 heteroatoms. The molecule has 2 fully saturated rings. The van der Waals surface area contributed by atoms with Crippen LogP contribution in [0.4, 0.5) is 5.69 Å². The first-order valence-corrected chi connectivity index (χ1v) is 7.44. The van der Waals surface area contributed by atoms with Gasteiger partial charge in [-0.2, -0.15) is 0 Å². The second-order valence-corrected chi connectivity index (χ2v) is 5.97. The van der Waals surface area contributed by atoms with Crippen molar-refractivity contribution in [2.75, 3.05) is 5.73 Å². The summed E-state index contributed by atoms with van der Waals surface area (Å²) in [6, 6.07) is 6.28. The molecule has 2 aliphatic rings. The Balaban J connectivity index is 1.79. The number of hydrogen-bond donors (Lipinski definition) is 2. The van der Waals surface area contributed by atoms with E-state index in [1.54, 1.807) is 6.07 Å². The molecule has 0 unspecified atom stereocenters. The molecule has 1 amide bonds. The van der Waals surface area contributed by atoms with Crippen molar-refractivity contribution < 1.29 is 4.79 Å². The minimum absolute atomic E-state index is 0.0341. The molecule has 0 heterocycles. The van der Waals surface area contributed by atoms with E-state index >= 15 is 0 Å². The van der Waals surface area contributed by atoms with Crippen molar-refractivity contribution >= 4 is 11.6 Å². The first kappa shape index (κ1) is 12.5. The summed E-state index contributed by atoms with van der Waals surface area (Å²) >= 11 is 0. The number of nitrogens with one attached hydrogen (secondary N) is 1. The molecule has 0 aliphatic heterocycles. The van der Waals surface area contributed by atoms with Gasteiger partial charge >= 0.3 is 0 Å². The van der Waals surface area contributed by atoms with E-state index in [2.05, 4.69) is 5.32 Å². The standard InChI is InChI=1S/C16H22N2O/c17-14-9-12(11-4-2-1-3-5-11)8-13(10-14)16(19)18-15-6-7-15/h8-11,15H,1-7,17H2,(H,18,19). The van der Waals surface area contributed by atoms with Crippen LogP contribution < -0.4 is 11.1 Å². The lowest BCUT2D eigenvalue weighted by molar-refractivity contribution is 0.0951. The van der Waals surface area contributed by atoms with Crippen LogP contribution in [0, 0.1) is 0 Å². The number of amides is 1. The van der Waals surface area contributed by atoms with Crippen molar-refractivity contribution in [3.05, 3.63) is 29.3 Å². The van der Waals surface area contributed by atoms with Gasteiger partial charge in [-0.05, 0) is 55.4 Å². The van der Waals surface area contributed by atoms with Crippen molar-refractivity contribution in [2.24, 2.45) is 0 Å². The third-order valence-corrected chi connectivity index (χ3v) is 4.23. The highest BCUT2D eigenvalue weighted by molar-refractivity contribution is 5.95. The van der Waals surface area contributed by atoms with E-state index in [-0.39, 0.29) is 5.91 Å². The van der Waals surface area contributed by atoms with Crippen molar-refractivity contribution in [3.63, 3.8) is 0 Å².